The van der Waals surface area contributed by atoms with E-state index in [2.05, 4.69) is 25.9 Å². The lowest BCUT2D eigenvalue weighted by Gasteiger charge is -2.38. The Labute approximate surface area is 280 Å². The van der Waals surface area contributed by atoms with Gasteiger partial charge in [-0.25, -0.2) is 23.4 Å². The number of likely N-dealkylation sites (tertiary alicyclic amines) is 1. The number of carbonyl (C=O) groups excluding carboxylic acids is 4. The summed E-state index contributed by atoms with van der Waals surface area (Å²) >= 11 is 6.57. The maximum absolute atomic E-state index is 14.6. The van der Waals surface area contributed by atoms with Crippen molar-refractivity contribution in [2.45, 2.75) is 64.7 Å². The molecule has 3 aromatic rings. The van der Waals surface area contributed by atoms with Crippen LogP contribution in [0.5, 0.6) is 0 Å². The molecule has 2 aliphatic rings. The number of rotatable bonds is 4. The van der Waals surface area contributed by atoms with Crippen molar-refractivity contribution in [2.75, 3.05) is 23.7 Å². The van der Waals surface area contributed by atoms with Crippen molar-refractivity contribution in [1.29, 1.82) is 0 Å². The number of aromatic amines is 1. The van der Waals surface area contributed by atoms with Crippen molar-refractivity contribution < 1.29 is 37.4 Å². The van der Waals surface area contributed by atoms with Crippen molar-refractivity contribution in [1.82, 2.24) is 20.2 Å². The summed E-state index contributed by atoms with van der Waals surface area (Å²) in [6.07, 6.45) is 2.35. The molecule has 48 heavy (non-hydrogen) atoms. The molecule has 0 radical (unpaired) electrons. The Morgan fingerprint density at radius 2 is 1.79 bits per heavy atom. The van der Waals surface area contributed by atoms with Crippen LogP contribution in [-0.2, 0) is 14.3 Å². The minimum Gasteiger partial charge on any atom is -0.444 e. The van der Waals surface area contributed by atoms with Crippen molar-refractivity contribution >= 4 is 47.0 Å². The second-order valence-electron chi connectivity index (χ2n) is 12.5. The van der Waals surface area contributed by atoms with Gasteiger partial charge < -0.3 is 30.0 Å². The summed E-state index contributed by atoms with van der Waals surface area (Å²) in [5.41, 5.74) is 0.168. The van der Waals surface area contributed by atoms with E-state index in [9.17, 15) is 28.0 Å². The van der Waals surface area contributed by atoms with E-state index < -0.39 is 53.0 Å². The van der Waals surface area contributed by atoms with Crippen LogP contribution in [0, 0.1) is 18.6 Å². The average Bonchev–Trinajstić information content (AvgIpc) is 3.33. The number of aromatic nitrogens is 2. The fourth-order valence-electron chi connectivity index (χ4n) is 5.09. The molecular weight excluding hydrogens is 650 g/mol. The summed E-state index contributed by atoms with van der Waals surface area (Å²) in [7, 11) is 0. The Hall–Kier alpha value is -4.98. The molecule has 3 heterocycles. The van der Waals surface area contributed by atoms with Crippen molar-refractivity contribution in [3.8, 4) is 11.3 Å². The van der Waals surface area contributed by atoms with Gasteiger partial charge >= 0.3 is 12.2 Å². The van der Waals surface area contributed by atoms with Crippen LogP contribution in [0.1, 0.15) is 67.8 Å². The molecule has 0 aliphatic carbocycles. The van der Waals surface area contributed by atoms with Gasteiger partial charge in [-0.1, -0.05) is 23.8 Å². The van der Waals surface area contributed by atoms with Crippen LogP contribution < -0.4 is 16.0 Å². The Kier molecular flexibility index (Phi) is 10.0. The summed E-state index contributed by atoms with van der Waals surface area (Å²) in [6, 6.07) is 5.95. The predicted molar refractivity (Wildman–Crippen MR) is 174 cm³/mol. The largest absolute Gasteiger partial charge is 0.444 e. The van der Waals surface area contributed by atoms with E-state index in [4.69, 9.17) is 21.1 Å². The molecule has 254 valence electrons. The fourth-order valence-corrected chi connectivity index (χ4v) is 5.34. The van der Waals surface area contributed by atoms with E-state index in [1.165, 1.54) is 17.9 Å². The first kappa shape index (κ1) is 34.4. The van der Waals surface area contributed by atoms with Crippen molar-refractivity contribution in [2.24, 2.45) is 0 Å². The van der Waals surface area contributed by atoms with Gasteiger partial charge in [0, 0.05) is 17.7 Å². The molecule has 2 aromatic carbocycles. The number of hydrogen-bond donors (Lipinski definition) is 4. The second-order valence-corrected chi connectivity index (χ2v) is 12.9. The molecule has 1 aromatic heterocycles. The number of ether oxygens (including phenoxy) is 2. The molecule has 2 bridgehead atoms. The minimum absolute atomic E-state index is 0.0770. The van der Waals surface area contributed by atoms with Crippen LogP contribution in [0.25, 0.3) is 11.3 Å². The smallest absolute Gasteiger partial charge is 0.412 e. The van der Waals surface area contributed by atoms with Gasteiger partial charge in [0.25, 0.3) is 5.91 Å². The summed E-state index contributed by atoms with van der Waals surface area (Å²) in [4.78, 5) is 59.7. The number of halogens is 3. The maximum atomic E-state index is 14.6. The quantitative estimate of drug-likeness (QED) is 0.225. The van der Waals surface area contributed by atoms with Gasteiger partial charge in [0.15, 0.2) is 0 Å². The molecule has 1 fully saturated rings. The van der Waals surface area contributed by atoms with Crippen molar-refractivity contribution in [3.05, 3.63) is 76.2 Å². The van der Waals surface area contributed by atoms with Gasteiger partial charge in [0.1, 0.15) is 45.6 Å². The Morgan fingerprint density at radius 3 is 2.48 bits per heavy atom. The van der Waals surface area contributed by atoms with E-state index in [-0.39, 0.29) is 54.2 Å². The van der Waals surface area contributed by atoms with E-state index in [0.29, 0.717) is 23.2 Å². The molecule has 5 rings (SSSR count). The highest BCUT2D eigenvalue weighted by molar-refractivity contribution is 6.32. The third-order valence-electron chi connectivity index (χ3n) is 7.37. The number of imidazole rings is 1. The fraction of sp³-hybridized carbons (Fsp3) is 0.364. The molecule has 0 saturated carbocycles. The van der Waals surface area contributed by atoms with Crippen LogP contribution in [0.4, 0.5) is 29.7 Å². The van der Waals surface area contributed by atoms with Crippen LogP contribution in [0.2, 0.25) is 5.15 Å². The Morgan fingerprint density at radius 1 is 1.08 bits per heavy atom. The lowest BCUT2D eigenvalue weighted by Crippen LogP contribution is -2.56. The van der Waals surface area contributed by atoms with E-state index >= 15 is 0 Å². The number of nitrogens with one attached hydrogen (secondary N) is 4. The second kappa shape index (κ2) is 14.0. The van der Waals surface area contributed by atoms with Crippen LogP contribution in [0.15, 0.2) is 42.5 Å². The topological polar surface area (TPSA) is 155 Å². The standard InChI is InChI=1S/C33H35ClF2N6O6/c1-17-12-21(35)26(22(36)13-17)30(44)39-23-8-6-5-7-9-25(43)38-24-14-18(10-11-20(24)27-28(34)41-29(23)40-27)37-31(45)47-19-15-42(16-19)32(46)48-33(2,3)4/h5-6,10-14,19,23H,7-9,15-16H2,1-4H3,(H,37,45)(H,38,43)(H,39,44)(H,40,41)/b6-5+/t23-/m0/s1. The van der Waals surface area contributed by atoms with Crippen LogP contribution in [-0.4, -0.2) is 63.7 Å². The number of anilines is 2. The highest BCUT2D eigenvalue weighted by Crippen LogP contribution is 2.36. The molecule has 4 N–H and O–H groups in total. The first-order valence-corrected chi connectivity index (χ1v) is 15.6. The number of fused-ring (bicyclic) bond motifs is 4. The SMILES string of the molecule is Cc1cc(F)c(C(=O)N[C@H]2C/C=C/CCC(=O)Nc3cc(NC(=O)OC4CN(C(=O)OC(C)(C)C)C4)ccc3-c3nc2[nH]c3Cl)c(F)c1. The molecule has 0 unspecified atom stereocenters. The van der Waals surface area contributed by atoms with Gasteiger partial charge in [-0.3, -0.25) is 14.9 Å². The lowest BCUT2D eigenvalue weighted by atomic mass is 10.1. The predicted octanol–water partition coefficient (Wildman–Crippen LogP) is 6.63. The van der Waals surface area contributed by atoms with Crippen molar-refractivity contribution in [3.63, 3.8) is 0 Å². The monoisotopic (exact) mass is 684 g/mol. The van der Waals surface area contributed by atoms with Gasteiger partial charge in [0.2, 0.25) is 5.91 Å². The zero-order valence-electron chi connectivity index (χ0n) is 26.7. The van der Waals surface area contributed by atoms with Gasteiger partial charge in [0.05, 0.1) is 24.8 Å². The number of aryl methyl sites for hydroxylation is 1. The van der Waals surface area contributed by atoms with Crippen LogP contribution in [0.3, 0.4) is 0 Å². The molecule has 1 saturated heterocycles. The Balaban J connectivity index is 1.34. The molecular formula is C33H35ClF2N6O6. The number of H-pyrrole nitrogens is 1. The first-order valence-electron chi connectivity index (χ1n) is 15.2. The third-order valence-corrected chi connectivity index (χ3v) is 7.65. The van der Waals surface area contributed by atoms with Gasteiger partial charge in [-0.05, 0) is 76.4 Å². The third kappa shape index (κ3) is 8.29. The number of amides is 4. The van der Waals surface area contributed by atoms with Crippen LogP contribution >= 0.6 is 11.6 Å². The molecule has 1 atom stereocenters. The highest BCUT2D eigenvalue weighted by atomic mass is 35.5. The highest BCUT2D eigenvalue weighted by Gasteiger charge is 2.36. The number of hydrogen-bond acceptors (Lipinski definition) is 7. The molecule has 4 amide bonds. The van der Waals surface area contributed by atoms with Gasteiger partial charge in [-0.2, -0.15) is 0 Å². The molecule has 12 nitrogen and oxygen atoms in total. The maximum Gasteiger partial charge on any atom is 0.412 e. The zero-order chi connectivity index (χ0) is 34.7. The summed E-state index contributed by atoms with van der Waals surface area (Å²) in [5, 5.41) is 8.17. The summed E-state index contributed by atoms with van der Waals surface area (Å²) in [6.45, 7) is 7.17. The molecule has 0 spiro atoms. The molecule has 2 aliphatic heterocycles. The Bertz CT molecular complexity index is 1760. The number of allylic oxidation sites excluding steroid dienone is 1. The normalized spacial score (nSPS) is 17.4. The van der Waals surface area contributed by atoms with E-state index in [1.54, 1.807) is 45.1 Å². The number of benzene rings is 2. The average molecular weight is 685 g/mol. The minimum atomic E-state index is -0.995. The lowest BCUT2D eigenvalue weighted by molar-refractivity contribution is -0.116. The first-order chi connectivity index (χ1) is 22.7. The number of nitrogens with zero attached hydrogens (tertiary/aromatic N) is 2. The van der Waals surface area contributed by atoms with E-state index in [1.807, 2.05) is 0 Å². The summed E-state index contributed by atoms with van der Waals surface area (Å²) in [5.74, 6) is -3.07. The zero-order valence-corrected chi connectivity index (χ0v) is 27.5. The number of carbonyl (C=O) groups is 4. The van der Waals surface area contributed by atoms with Gasteiger partial charge in [-0.15, -0.1) is 0 Å². The summed E-state index contributed by atoms with van der Waals surface area (Å²) < 4.78 is 39.9. The van der Waals surface area contributed by atoms with E-state index in [0.717, 1.165) is 12.1 Å². The molecule has 15 heteroatoms.